The minimum Gasteiger partial charge on any atom is -0.466 e. The summed E-state index contributed by atoms with van der Waals surface area (Å²) in [6, 6.07) is 3.90. The van der Waals surface area contributed by atoms with Crippen LogP contribution in [0.5, 0.6) is 0 Å². The van der Waals surface area contributed by atoms with E-state index in [-0.39, 0.29) is 25.5 Å². The molecule has 1 unspecified atom stereocenters. The third kappa shape index (κ3) is 3.96. The van der Waals surface area contributed by atoms with Gasteiger partial charge in [-0.25, -0.2) is 4.39 Å². The maximum atomic E-state index is 13.9. The van der Waals surface area contributed by atoms with Crippen LogP contribution >= 0.6 is 11.6 Å². The summed E-state index contributed by atoms with van der Waals surface area (Å²) in [5, 5.41) is 3.06. The maximum Gasteiger partial charge on any atom is 0.312 e. The van der Waals surface area contributed by atoms with E-state index in [4.69, 9.17) is 16.3 Å². The first kappa shape index (κ1) is 16.7. The Labute approximate surface area is 133 Å². The van der Waals surface area contributed by atoms with Crippen LogP contribution in [0.4, 0.5) is 4.39 Å². The average molecular weight is 330 g/mol. The van der Waals surface area contributed by atoms with Crippen LogP contribution in [-0.2, 0) is 20.9 Å². The molecule has 0 bridgehead atoms. The van der Waals surface area contributed by atoms with E-state index in [1.807, 2.05) is 0 Å². The van der Waals surface area contributed by atoms with Gasteiger partial charge in [0.25, 0.3) is 5.91 Å². The average Bonchev–Trinajstić information content (AvgIpc) is 2.46. The van der Waals surface area contributed by atoms with Gasteiger partial charge in [-0.05, 0) is 19.1 Å². The van der Waals surface area contributed by atoms with E-state index in [2.05, 4.69) is 5.32 Å². The SMILES string of the molecule is CCOC(=O)C[C@@H]1C(=O)NCC[NH+]1Cc1c(F)cccc1Cl. The predicted molar refractivity (Wildman–Crippen MR) is 79.0 cm³/mol. The third-order valence-electron chi connectivity index (χ3n) is 3.70. The Kier molecular flexibility index (Phi) is 5.74. The minimum absolute atomic E-state index is 0.0267. The van der Waals surface area contributed by atoms with E-state index in [1.54, 1.807) is 13.0 Å². The highest BCUT2D eigenvalue weighted by atomic mass is 35.5. The molecule has 0 aliphatic carbocycles. The van der Waals surface area contributed by atoms with Crippen LogP contribution in [0, 0.1) is 5.82 Å². The second kappa shape index (κ2) is 7.56. The lowest BCUT2D eigenvalue weighted by Crippen LogP contribution is -3.18. The molecule has 0 spiro atoms. The molecule has 0 saturated carbocycles. The fourth-order valence-electron chi connectivity index (χ4n) is 2.59. The van der Waals surface area contributed by atoms with Crippen molar-refractivity contribution in [3.05, 3.63) is 34.6 Å². The quantitative estimate of drug-likeness (QED) is 0.765. The minimum atomic E-state index is -0.594. The number of amides is 1. The van der Waals surface area contributed by atoms with Crippen molar-refractivity contribution in [2.24, 2.45) is 0 Å². The number of quaternary nitrogens is 1. The molecule has 7 heteroatoms. The van der Waals surface area contributed by atoms with Crippen LogP contribution in [0.15, 0.2) is 18.2 Å². The number of piperazine rings is 1. The Balaban J connectivity index is 2.15. The smallest absolute Gasteiger partial charge is 0.312 e. The van der Waals surface area contributed by atoms with Gasteiger partial charge in [-0.2, -0.15) is 0 Å². The van der Waals surface area contributed by atoms with Crippen molar-refractivity contribution >= 4 is 23.5 Å². The summed E-state index contributed by atoms with van der Waals surface area (Å²) in [5.41, 5.74) is 0.364. The molecule has 2 rings (SSSR count). The normalized spacial score (nSPS) is 21.3. The molecule has 1 fully saturated rings. The Morgan fingerprint density at radius 2 is 2.32 bits per heavy atom. The number of hydrogen-bond donors (Lipinski definition) is 2. The Morgan fingerprint density at radius 3 is 3.00 bits per heavy atom. The summed E-state index contributed by atoms with van der Waals surface area (Å²) in [7, 11) is 0. The summed E-state index contributed by atoms with van der Waals surface area (Å²) in [6.45, 7) is 3.31. The number of esters is 1. The van der Waals surface area contributed by atoms with Crippen molar-refractivity contribution in [1.29, 1.82) is 0 Å². The summed E-state index contributed by atoms with van der Waals surface area (Å²) < 4.78 is 18.8. The predicted octanol–water partition coefficient (Wildman–Crippen LogP) is 0.316. The number of halogens is 2. The van der Waals surface area contributed by atoms with Gasteiger partial charge in [0.2, 0.25) is 0 Å². The Morgan fingerprint density at radius 1 is 1.55 bits per heavy atom. The standard InChI is InChI=1S/C15H18ClFN2O3/c1-2-22-14(20)8-13-15(21)18-6-7-19(13)9-10-11(16)4-3-5-12(10)17/h3-5,13H,2,6-9H2,1H3,(H,18,21)/p+1/t13-/m1/s1. The molecule has 1 aromatic carbocycles. The first-order chi connectivity index (χ1) is 10.5. The molecule has 120 valence electrons. The summed E-state index contributed by atoms with van der Waals surface area (Å²) >= 11 is 6.04. The van der Waals surface area contributed by atoms with Gasteiger partial charge in [0, 0.05) is 0 Å². The van der Waals surface area contributed by atoms with Crippen LogP contribution in [-0.4, -0.2) is 37.6 Å². The van der Waals surface area contributed by atoms with Crippen molar-refractivity contribution in [3.63, 3.8) is 0 Å². The van der Waals surface area contributed by atoms with Gasteiger partial charge < -0.3 is 15.0 Å². The van der Waals surface area contributed by atoms with E-state index < -0.39 is 17.8 Å². The van der Waals surface area contributed by atoms with Crippen LogP contribution in [0.2, 0.25) is 5.02 Å². The van der Waals surface area contributed by atoms with Crippen LogP contribution < -0.4 is 10.2 Å². The second-order valence-electron chi connectivity index (χ2n) is 5.14. The van der Waals surface area contributed by atoms with E-state index >= 15 is 0 Å². The molecule has 1 aliphatic rings. The molecule has 2 N–H and O–H groups in total. The van der Waals surface area contributed by atoms with Gasteiger partial charge >= 0.3 is 5.97 Å². The van der Waals surface area contributed by atoms with E-state index in [0.29, 0.717) is 23.7 Å². The molecule has 1 aromatic rings. The first-order valence-electron chi connectivity index (χ1n) is 7.23. The summed E-state index contributed by atoms with van der Waals surface area (Å²) in [6.07, 6.45) is -0.0267. The van der Waals surface area contributed by atoms with E-state index in [1.165, 1.54) is 12.1 Å². The number of carbonyl (C=O) groups is 2. The van der Waals surface area contributed by atoms with E-state index in [0.717, 1.165) is 4.90 Å². The van der Waals surface area contributed by atoms with Crippen molar-refractivity contribution in [3.8, 4) is 0 Å². The topological polar surface area (TPSA) is 59.8 Å². The zero-order valence-corrected chi connectivity index (χ0v) is 13.1. The summed E-state index contributed by atoms with van der Waals surface area (Å²) in [5.74, 6) is -1.05. The summed E-state index contributed by atoms with van der Waals surface area (Å²) in [4.78, 5) is 24.5. The monoisotopic (exact) mass is 329 g/mol. The molecular weight excluding hydrogens is 311 g/mol. The van der Waals surface area contributed by atoms with Gasteiger partial charge in [0.1, 0.15) is 18.8 Å². The number of ether oxygens (including phenoxy) is 1. The van der Waals surface area contributed by atoms with Crippen LogP contribution in [0.3, 0.4) is 0 Å². The molecule has 1 saturated heterocycles. The molecule has 0 aromatic heterocycles. The fourth-order valence-corrected chi connectivity index (χ4v) is 2.82. The van der Waals surface area contributed by atoms with Gasteiger partial charge in [-0.3, -0.25) is 9.59 Å². The third-order valence-corrected chi connectivity index (χ3v) is 4.05. The van der Waals surface area contributed by atoms with Gasteiger partial charge in [-0.1, -0.05) is 17.7 Å². The van der Waals surface area contributed by atoms with Crippen molar-refractivity contribution in [2.45, 2.75) is 25.9 Å². The number of nitrogens with one attached hydrogen (secondary N) is 2. The second-order valence-corrected chi connectivity index (χ2v) is 5.55. The molecule has 2 atom stereocenters. The lowest BCUT2D eigenvalue weighted by Gasteiger charge is -2.31. The number of benzene rings is 1. The van der Waals surface area contributed by atoms with Crippen molar-refractivity contribution in [2.75, 3.05) is 19.7 Å². The van der Waals surface area contributed by atoms with Crippen LogP contribution in [0.1, 0.15) is 18.9 Å². The number of rotatable bonds is 5. The van der Waals surface area contributed by atoms with Gasteiger partial charge in [0.05, 0.1) is 30.3 Å². The number of carbonyl (C=O) groups excluding carboxylic acids is 2. The highest BCUT2D eigenvalue weighted by Gasteiger charge is 2.36. The molecular formula is C15H19ClFN2O3+. The van der Waals surface area contributed by atoms with Gasteiger partial charge in [0.15, 0.2) is 6.04 Å². The molecule has 1 heterocycles. The lowest BCUT2D eigenvalue weighted by atomic mass is 10.1. The molecule has 0 radical (unpaired) electrons. The van der Waals surface area contributed by atoms with E-state index in [9.17, 15) is 14.0 Å². The van der Waals surface area contributed by atoms with Crippen LogP contribution in [0.25, 0.3) is 0 Å². The highest BCUT2D eigenvalue weighted by molar-refractivity contribution is 6.31. The molecule has 5 nitrogen and oxygen atoms in total. The molecule has 1 aliphatic heterocycles. The maximum absolute atomic E-state index is 13.9. The first-order valence-corrected chi connectivity index (χ1v) is 7.61. The Hall–Kier alpha value is -1.66. The largest absolute Gasteiger partial charge is 0.466 e. The van der Waals surface area contributed by atoms with Crippen molar-refractivity contribution < 1.29 is 23.6 Å². The molecule has 22 heavy (non-hydrogen) atoms. The van der Waals surface area contributed by atoms with Gasteiger partial charge in [-0.15, -0.1) is 0 Å². The zero-order valence-electron chi connectivity index (χ0n) is 12.3. The highest BCUT2D eigenvalue weighted by Crippen LogP contribution is 2.18. The lowest BCUT2D eigenvalue weighted by molar-refractivity contribution is -0.930. The van der Waals surface area contributed by atoms with Crippen molar-refractivity contribution in [1.82, 2.24) is 5.32 Å². The molecule has 1 amide bonds. The Bertz CT molecular complexity index is 547. The fraction of sp³-hybridized carbons (Fsp3) is 0.467. The zero-order chi connectivity index (χ0) is 16.1. The number of hydrogen-bond acceptors (Lipinski definition) is 3.